The van der Waals surface area contributed by atoms with Crippen molar-refractivity contribution in [3.63, 3.8) is 0 Å². The summed E-state index contributed by atoms with van der Waals surface area (Å²) in [5.41, 5.74) is 1.92. The molecule has 0 radical (unpaired) electrons. The Kier molecular flexibility index (Phi) is 2.62. The van der Waals surface area contributed by atoms with Crippen LogP contribution in [0.2, 0.25) is 0 Å². The molecule has 0 aliphatic carbocycles. The van der Waals surface area contributed by atoms with Crippen molar-refractivity contribution in [2.24, 2.45) is 0 Å². The van der Waals surface area contributed by atoms with Crippen molar-refractivity contribution in [2.75, 3.05) is 7.11 Å². The van der Waals surface area contributed by atoms with Crippen molar-refractivity contribution in [1.29, 1.82) is 5.26 Å². The number of hydrogen-bond acceptors (Lipinski definition) is 4. The Hall–Kier alpha value is -2.87. The maximum Gasteiger partial charge on any atom is 0.182 e. The summed E-state index contributed by atoms with van der Waals surface area (Å²) in [6.07, 6.45) is 1.77. The number of nitriles is 1. The second kappa shape index (κ2) is 4.42. The predicted octanol–water partition coefficient (Wildman–Crippen LogP) is 2.28. The summed E-state index contributed by atoms with van der Waals surface area (Å²) in [5.74, 6) is 1.32. The van der Waals surface area contributed by atoms with Crippen molar-refractivity contribution >= 4 is 5.65 Å². The minimum atomic E-state index is 0.504. The zero-order valence-electron chi connectivity index (χ0n) is 10.2. The Bertz CT molecular complexity index is 785. The number of hydrogen-bond donors (Lipinski definition) is 0. The molecule has 2 heterocycles. The highest BCUT2D eigenvalue weighted by Gasteiger charge is 2.09. The van der Waals surface area contributed by atoms with Gasteiger partial charge in [-0.2, -0.15) is 5.26 Å². The lowest BCUT2D eigenvalue weighted by Gasteiger charge is -2.00. The van der Waals surface area contributed by atoms with Gasteiger partial charge in [0, 0.05) is 11.8 Å². The van der Waals surface area contributed by atoms with E-state index in [1.165, 1.54) is 0 Å². The standard InChI is InChI=1S/C14H10N4O/c1-19-12-6-2-4-10(8-12)13-16-14-11(9-15)5-3-7-18(14)17-13/h2-8H,1H3. The van der Waals surface area contributed by atoms with Gasteiger partial charge in [-0.15, -0.1) is 5.10 Å². The molecular weight excluding hydrogens is 240 g/mol. The van der Waals surface area contributed by atoms with Gasteiger partial charge in [0.25, 0.3) is 0 Å². The molecule has 0 atom stereocenters. The van der Waals surface area contributed by atoms with E-state index >= 15 is 0 Å². The van der Waals surface area contributed by atoms with E-state index in [1.807, 2.05) is 24.3 Å². The highest BCUT2D eigenvalue weighted by atomic mass is 16.5. The van der Waals surface area contributed by atoms with Crippen LogP contribution in [-0.2, 0) is 0 Å². The van der Waals surface area contributed by atoms with Gasteiger partial charge in [-0.3, -0.25) is 0 Å². The molecule has 3 rings (SSSR count). The van der Waals surface area contributed by atoms with Crippen molar-refractivity contribution in [1.82, 2.24) is 14.6 Å². The zero-order valence-corrected chi connectivity index (χ0v) is 10.2. The number of aromatic nitrogens is 3. The quantitative estimate of drug-likeness (QED) is 0.700. The zero-order chi connectivity index (χ0) is 13.2. The van der Waals surface area contributed by atoms with E-state index in [9.17, 15) is 0 Å². The molecule has 0 fully saturated rings. The average Bonchev–Trinajstić information content (AvgIpc) is 2.91. The molecule has 3 aromatic rings. The fourth-order valence-electron chi connectivity index (χ4n) is 1.88. The third kappa shape index (κ3) is 1.89. The summed E-state index contributed by atoms with van der Waals surface area (Å²) in [6.45, 7) is 0. The number of ether oxygens (including phenoxy) is 1. The lowest BCUT2D eigenvalue weighted by molar-refractivity contribution is 0.415. The molecule has 0 saturated heterocycles. The third-order valence-corrected chi connectivity index (χ3v) is 2.81. The van der Waals surface area contributed by atoms with Crippen LogP contribution in [0.5, 0.6) is 5.75 Å². The SMILES string of the molecule is COc1cccc(-c2nc3c(C#N)cccn3n2)c1. The fourth-order valence-corrected chi connectivity index (χ4v) is 1.88. The van der Waals surface area contributed by atoms with Gasteiger partial charge in [-0.05, 0) is 24.3 Å². The molecule has 0 aliphatic heterocycles. The maximum atomic E-state index is 9.05. The van der Waals surface area contributed by atoms with Gasteiger partial charge >= 0.3 is 0 Å². The van der Waals surface area contributed by atoms with Gasteiger partial charge in [0.15, 0.2) is 11.5 Å². The Morgan fingerprint density at radius 3 is 2.95 bits per heavy atom. The van der Waals surface area contributed by atoms with Crippen LogP contribution in [0.3, 0.4) is 0 Å². The number of fused-ring (bicyclic) bond motifs is 1. The maximum absolute atomic E-state index is 9.05. The molecule has 0 bridgehead atoms. The van der Waals surface area contributed by atoms with Crippen LogP contribution in [0.1, 0.15) is 5.56 Å². The highest BCUT2D eigenvalue weighted by molar-refractivity contribution is 5.63. The average molecular weight is 250 g/mol. The molecule has 0 spiro atoms. The lowest BCUT2D eigenvalue weighted by atomic mass is 10.2. The van der Waals surface area contributed by atoms with Crippen LogP contribution < -0.4 is 4.74 Å². The second-order valence-electron chi connectivity index (χ2n) is 3.97. The number of rotatable bonds is 2. The molecule has 0 saturated carbocycles. The van der Waals surface area contributed by atoms with Crippen LogP contribution in [-0.4, -0.2) is 21.7 Å². The summed E-state index contributed by atoms with van der Waals surface area (Å²) < 4.78 is 6.79. The van der Waals surface area contributed by atoms with Crippen LogP contribution in [0.25, 0.3) is 17.0 Å². The second-order valence-corrected chi connectivity index (χ2v) is 3.97. The summed E-state index contributed by atoms with van der Waals surface area (Å²) in [7, 11) is 1.62. The van der Waals surface area contributed by atoms with E-state index in [1.54, 1.807) is 30.0 Å². The Morgan fingerprint density at radius 2 is 2.16 bits per heavy atom. The first-order chi connectivity index (χ1) is 9.31. The monoisotopic (exact) mass is 250 g/mol. The number of pyridine rings is 1. The summed E-state index contributed by atoms with van der Waals surface area (Å²) in [4.78, 5) is 4.40. The molecule has 5 nitrogen and oxygen atoms in total. The van der Waals surface area contributed by atoms with Crippen molar-refractivity contribution < 1.29 is 4.74 Å². The molecule has 0 N–H and O–H groups in total. The number of nitrogens with zero attached hydrogens (tertiary/aromatic N) is 4. The molecule has 0 aliphatic rings. The van der Waals surface area contributed by atoms with Crippen LogP contribution in [0.15, 0.2) is 42.6 Å². The summed E-state index contributed by atoms with van der Waals surface area (Å²) >= 11 is 0. The first-order valence-corrected chi connectivity index (χ1v) is 5.72. The van der Waals surface area contributed by atoms with E-state index in [2.05, 4.69) is 16.2 Å². The van der Waals surface area contributed by atoms with E-state index in [4.69, 9.17) is 10.00 Å². The number of benzene rings is 1. The highest BCUT2D eigenvalue weighted by Crippen LogP contribution is 2.22. The summed E-state index contributed by atoms with van der Waals surface area (Å²) in [6, 6.07) is 13.1. The van der Waals surface area contributed by atoms with Crippen LogP contribution in [0.4, 0.5) is 0 Å². The van der Waals surface area contributed by atoms with Gasteiger partial charge in [0.2, 0.25) is 0 Å². The Balaban J connectivity index is 2.18. The predicted molar refractivity (Wildman–Crippen MR) is 69.7 cm³/mol. The van der Waals surface area contributed by atoms with Gasteiger partial charge in [0.1, 0.15) is 11.8 Å². The minimum Gasteiger partial charge on any atom is -0.497 e. The molecule has 5 heteroatoms. The lowest BCUT2D eigenvalue weighted by Crippen LogP contribution is -1.88. The first-order valence-electron chi connectivity index (χ1n) is 5.72. The van der Waals surface area contributed by atoms with Crippen molar-refractivity contribution in [3.8, 4) is 23.2 Å². The van der Waals surface area contributed by atoms with Gasteiger partial charge < -0.3 is 4.74 Å². The van der Waals surface area contributed by atoms with Crippen LogP contribution >= 0.6 is 0 Å². The van der Waals surface area contributed by atoms with Gasteiger partial charge in [-0.1, -0.05) is 12.1 Å². The molecule has 0 amide bonds. The molecule has 92 valence electrons. The smallest absolute Gasteiger partial charge is 0.182 e. The molecule has 19 heavy (non-hydrogen) atoms. The largest absolute Gasteiger partial charge is 0.497 e. The fraction of sp³-hybridized carbons (Fsp3) is 0.0714. The molecule has 0 unspecified atom stereocenters. The van der Waals surface area contributed by atoms with E-state index in [0.29, 0.717) is 17.0 Å². The molecule has 2 aromatic heterocycles. The van der Waals surface area contributed by atoms with E-state index < -0.39 is 0 Å². The van der Waals surface area contributed by atoms with Gasteiger partial charge in [-0.25, -0.2) is 9.50 Å². The molecule has 1 aromatic carbocycles. The minimum absolute atomic E-state index is 0.504. The Labute approximate surface area is 109 Å². The van der Waals surface area contributed by atoms with Gasteiger partial charge in [0.05, 0.1) is 12.7 Å². The Morgan fingerprint density at radius 1 is 1.26 bits per heavy atom. The normalized spacial score (nSPS) is 10.3. The molecular formula is C14H10N4O. The topological polar surface area (TPSA) is 63.2 Å². The van der Waals surface area contributed by atoms with E-state index in [0.717, 1.165) is 11.3 Å². The first kappa shape index (κ1) is 11.2. The third-order valence-electron chi connectivity index (χ3n) is 2.81. The number of methoxy groups -OCH3 is 1. The van der Waals surface area contributed by atoms with Crippen molar-refractivity contribution in [2.45, 2.75) is 0 Å². The summed E-state index contributed by atoms with van der Waals surface area (Å²) in [5, 5.41) is 13.4. The van der Waals surface area contributed by atoms with Crippen LogP contribution in [0, 0.1) is 11.3 Å². The van der Waals surface area contributed by atoms with Crippen molar-refractivity contribution in [3.05, 3.63) is 48.2 Å². The van der Waals surface area contributed by atoms with E-state index in [-0.39, 0.29) is 0 Å².